The van der Waals surface area contributed by atoms with Gasteiger partial charge in [0.15, 0.2) is 0 Å². The van der Waals surface area contributed by atoms with Gasteiger partial charge in [0.05, 0.1) is 24.3 Å². The second-order valence-corrected chi connectivity index (χ2v) is 10.2. The minimum Gasteiger partial charge on any atom is -0.383 e. The third-order valence-electron chi connectivity index (χ3n) is 5.40. The zero-order valence-corrected chi connectivity index (χ0v) is 18.6. The Morgan fingerprint density at radius 2 is 1.97 bits per heavy atom. The van der Waals surface area contributed by atoms with E-state index in [1.54, 1.807) is 13.3 Å². The van der Waals surface area contributed by atoms with Crippen molar-refractivity contribution < 1.29 is 13.2 Å². The average Bonchev–Trinajstić information content (AvgIpc) is 3.06. The van der Waals surface area contributed by atoms with Crippen molar-refractivity contribution in [2.45, 2.75) is 63.2 Å². The van der Waals surface area contributed by atoms with Crippen molar-refractivity contribution in [1.29, 1.82) is 0 Å². The number of aromatic nitrogens is 2. The lowest BCUT2D eigenvalue weighted by Crippen LogP contribution is -2.42. The first-order chi connectivity index (χ1) is 13.9. The molecule has 7 heteroatoms. The highest BCUT2D eigenvalue weighted by molar-refractivity contribution is 7.90. The number of sulfone groups is 1. The summed E-state index contributed by atoms with van der Waals surface area (Å²) in [5.41, 5.74) is 1.75. The summed E-state index contributed by atoms with van der Waals surface area (Å²) in [5.74, 6) is 0.294. The van der Waals surface area contributed by atoms with Crippen LogP contribution < -0.4 is 0 Å². The number of piperidine rings is 1. The zero-order valence-electron chi connectivity index (χ0n) is 17.8. The number of nitrogens with zero attached hydrogens (tertiary/aromatic N) is 3. The summed E-state index contributed by atoms with van der Waals surface area (Å²) in [6.07, 6.45) is 5.24. The number of benzene rings is 1. The number of rotatable bonds is 9. The topological polar surface area (TPSA) is 64.4 Å². The third-order valence-corrected chi connectivity index (χ3v) is 7.00. The molecule has 29 heavy (non-hydrogen) atoms. The Bertz CT molecular complexity index is 876. The molecule has 6 nitrogen and oxygen atoms in total. The standard InChI is InChI=1S/C22H33N3O3S/c1-18(2)14-25-21(15-24-12-8-7-11-20(24)16-28-3)13-23-22(25)29(26,27)17-19-9-5-4-6-10-19/h4-6,9-10,13,18,20H,7-8,11-12,14-17H2,1-3H3. The smallest absolute Gasteiger partial charge is 0.228 e. The van der Waals surface area contributed by atoms with Crippen LogP contribution in [0.25, 0.3) is 0 Å². The highest BCUT2D eigenvalue weighted by Gasteiger charge is 2.27. The van der Waals surface area contributed by atoms with Gasteiger partial charge >= 0.3 is 0 Å². The van der Waals surface area contributed by atoms with Gasteiger partial charge in [0.2, 0.25) is 15.0 Å². The van der Waals surface area contributed by atoms with E-state index >= 15 is 0 Å². The summed E-state index contributed by atoms with van der Waals surface area (Å²) in [4.78, 5) is 6.80. The first kappa shape index (κ1) is 22.0. The molecule has 0 amide bonds. The molecule has 1 saturated heterocycles. The van der Waals surface area contributed by atoms with Gasteiger partial charge in [-0.25, -0.2) is 13.4 Å². The van der Waals surface area contributed by atoms with Gasteiger partial charge in [0, 0.05) is 26.2 Å². The first-order valence-corrected chi connectivity index (χ1v) is 12.1. The molecule has 1 aliphatic rings. The van der Waals surface area contributed by atoms with E-state index in [2.05, 4.69) is 23.7 Å². The fourth-order valence-electron chi connectivity index (χ4n) is 4.04. The summed E-state index contributed by atoms with van der Waals surface area (Å²) in [6, 6.07) is 9.68. The van der Waals surface area contributed by atoms with Gasteiger partial charge in [0.25, 0.3) is 0 Å². The molecule has 0 bridgehead atoms. The average molecular weight is 420 g/mol. The Hall–Kier alpha value is -1.70. The number of likely N-dealkylation sites (tertiary alicyclic amines) is 1. The van der Waals surface area contributed by atoms with Gasteiger partial charge in [-0.2, -0.15) is 0 Å². The predicted molar refractivity (Wildman–Crippen MR) is 114 cm³/mol. The van der Waals surface area contributed by atoms with E-state index in [0.29, 0.717) is 31.7 Å². The second-order valence-electron chi connectivity index (χ2n) is 8.36. The summed E-state index contributed by atoms with van der Waals surface area (Å²) in [6.45, 7) is 7.26. The van der Waals surface area contributed by atoms with Crippen molar-refractivity contribution in [3.63, 3.8) is 0 Å². The van der Waals surface area contributed by atoms with E-state index in [-0.39, 0.29) is 10.9 Å². The van der Waals surface area contributed by atoms with Gasteiger partial charge in [-0.1, -0.05) is 50.6 Å². The maximum Gasteiger partial charge on any atom is 0.228 e. The van der Waals surface area contributed by atoms with E-state index in [1.807, 2.05) is 34.9 Å². The van der Waals surface area contributed by atoms with Gasteiger partial charge in [-0.15, -0.1) is 0 Å². The Morgan fingerprint density at radius 1 is 1.21 bits per heavy atom. The number of hydrogen-bond donors (Lipinski definition) is 0. The van der Waals surface area contributed by atoms with E-state index in [1.165, 1.54) is 6.42 Å². The first-order valence-electron chi connectivity index (χ1n) is 10.4. The van der Waals surface area contributed by atoms with Gasteiger partial charge < -0.3 is 9.30 Å². The highest BCUT2D eigenvalue weighted by atomic mass is 32.2. The minimum atomic E-state index is -3.52. The van der Waals surface area contributed by atoms with Crippen molar-refractivity contribution in [2.75, 3.05) is 20.3 Å². The molecular weight excluding hydrogens is 386 g/mol. The van der Waals surface area contributed by atoms with Crippen LogP contribution in [0.15, 0.2) is 41.7 Å². The van der Waals surface area contributed by atoms with Crippen LogP contribution >= 0.6 is 0 Å². The normalized spacial score (nSPS) is 18.4. The molecule has 0 aliphatic carbocycles. The number of imidazole rings is 1. The Labute approximate surface area is 174 Å². The lowest BCUT2D eigenvalue weighted by Gasteiger charge is -2.35. The zero-order chi connectivity index (χ0) is 20.9. The maximum absolute atomic E-state index is 13.2. The molecule has 1 atom stereocenters. The Morgan fingerprint density at radius 3 is 2.66 bits per heavy atom. The molecule has 2 heterocycles. The SMILES string of the molecule is COCC1CCCCN1Cc1cnc(S(=O)(=O)Cc2ccccc2)n1CC(C)C. The molecule has 0 N–H and O–H groups in total. The molecule has 1 aliphatic heterocycles. The fraction of sp³-hybridized carbons (Fsp3) is 0.591. The third kappa shape index (κ3) is 5.68. The van der Waals surface area contributed by atoms with Crippen LogP contribution in [0.2, 0.25) is 0 Å². The second kappa shape index (κ2) is 9.87. The van der Waals surface area contributed by atoms with Crippen molar-refractivity contribution in [1.82, 2.24) is 14.5 Å². The van der Waals surface area contributed by atoms with Crippen molar-refractivity contribution in [3.05, 3.63) is 47.8 Å². The lowest BCUT2D eigenvalue weighted by molar-refractivity contribution is 0.0582. The van der Waals surface area contributed by atoms with E-state index < -0.39 is 9.84 Å². The molecule has 2 aromatic rings. The van der Waals surface area contributed by atoms with Crippen molar-refractivity contribution >= 4 is 9.84 Å². The van der Waals surface area contributed by atoms with Crippen LogP contribution in [0.1, 0.15) is 44.4 Å². The van der Waals surface area contributed by atoms with Crippen molar-refractivity contribution in [3.8, 4) is 0 Å². The number of methoxy groups -OCH3 is 1. The summed E-state index contributed by atoms with van der Waals surface area (Å²) < 4.78 is 33.6. The van der Waals surface area contributed by atoms with Crippen LogP contribution in [0.4, 0.5) is 0 Å². The summed E-state index contributed by atoms with van der Waals surface area (Å²) >= 11 is 0. The van der Waals surface area contributed by atoms with Crippen LogP contribution in [0.3, 0.4) is 0 Å². The molecule has 0 radical (unpaired) electrons. The number of hydrogen-bond acceptors (Lipinski definition) is 5. The molecule has 0 spiro atoms. The molecule has 1 aromatic heterocycles. The highest BCUT2D eigenvalue weighted by Crippen LogP contribution is 2.23. The quantitative estimate of drug-likeness (QED) is 0.622. The van der Waals surface area contributed by atoms with Crippen molar-refractivity contribution in [2.24, 2.45) is 5.92 Å². The van der Waals surface area contributed by atoms with E-state index in [4.69, 9.17) is 4.74 Å². The van der Waals surface area contributed by atoms with Gasteiger partial charge in [-0.05, 0) is 30.9 Å². The molecule has 160 valence electrons. The Kier molecular flexibility index (Phi) is 7.49. The molecule has 1 aromatic carbocycles. The molecular formula is C22H33N3O3S. The van der Waals surface area contributed by atoms with E-state index in [9.17, 15) is 8.42 Å². The predicted octanol–water partition coefficient (Wildman–Crippen LogP) is 3.51. The number of ether oxygens (including phenoxy) is 1. The van der Waals surface area contributed by atoms with Crippen LogP contribution in [-0.2, 0) is 33.4 Å². The lowest BCUT2D eigenvalue weighted by atomic mass is 10.0. The largest absolute Gasteiger partial charge is 0.383 e. The Balaban J connectivity index is 1.88. The monoisotopic (exact) mass is 419 g/mol. The van der Waals surface area contributed by atoms with Gasteiger partial charge in [0.1, 0.15) is 0 Å². The van der Waals surface area contributed by atoms with Crippen LogP contribution in [-0.4, -0.2) is 49.2 Å². The molecule has 0 saturated carbocycles. The summed E-state index contributed by atoms with van der Waals surface area (Å²) in [7, 11) is -1.78. The van der Waals surface area contributed by atoms with Crippen LogP contribution in [0.5, 0.6) is 0 Å². The maximum atomic E-state index is 13.2. The summed E-state index contributed by atoms with van der Waals surface area (Å²) in [5, 5.41) is 0.186. The van der Waals surface area contributed by atoms with Gasteiger partial charge in [-0.3, -0.25) is 4.90 Å². The molecule has 3 rings (SSSR count). The minimum absolute atomic E-state index is 0.0294. The molecule has 1 unspecified atom stereocenters. The van der Waals surface area contributed by atoms with Crippen LogP contribution in [0, 0.1) is 5.92 Å². The van der Waals surface area contributed by atoms with E-state index in [0.717, 1.165) is 30.6 Å². The fourth-order valence-corrected chi connectivity index (χ4v) is 5.54. The molecule has 1 fully saturated rings.